The Balaban J connectivity index is 1.82. The maximum Gasteiger partial charge on any atom is 0.238 e. The summed E-state index contributed by atoms with van der Waals surface area (Å²) in [6.45, 7) is 2.20. The van der Waals surface area contributed by atoms with Crippen molar-refractivity contribution in [2.75, 3.05) is 37.3 Å². The number of hydrogen-bond acceptors (Lipinski definition) is 4. The van der Waals surface area contributed by atoms with Crippen LogP contribution in [0.25, 0.3) is 0 Å². The molecule has 1 aliphatic rings. The smallest absolute Gasteiger partial charge is 0.238 e. The van der Waals surface area contributed by atoms with Gasteiger partial charge in [-0.2, -0.15) is 0 Å². The first kappa shape index (κ1) is 14.7. The Morgan fingerprint density at radius 2 is 2.35 bits per heavy atom. The molecule has 1 heterocycles. The van der Waals surface area contributed by atoms with E-state index in [4.69, 9.17) is 10.8 Å². The number of carbonyl (C=O) groups is 1. The van der Waals surface area contributed by atoms with E-state index in [1.807, 2.05) is 0 Å². The lowest BCUT2D eigenvalue weighted by Gasteiger charge is -2.15. The van der Waals surface area contributed by atoms with Gasteiger partial charge in [-0.15, -0.1) is 0 Å². The molecule has 1 aromatic carbocycles. The topological polar surface area (TPSA) is 78.6 Å². The average Bonchev–Trinajstić information content (AvgIpc) is 2.81. The number of nitrogen functional groups attached to an aromatic ring is 1. The zero-order valence-electron chi connectivity index (χ0n) is 11.3. The molecule has 1 atom stereocenters. The van der Waals surface area contributed by atoms with Gasteiger partial charge in [-0.1, -0.05) is 0 Å². The summed E-state index contributed by atoms with van der Waals surface area (Å²) < 4.78 is 13.0. The van der Waals surface area contributed by atoms with E-state index in [-0.39, 0.29) is 18.2 Å². The van der Waals surface area contributed by atoms with Gasteiger partial charge in [-0.05, 0) is 43.5 Å². The van der Waals surface area contributed by atoms with Crippen LogP contribution in [0.4, 0.5) is 15.8 Å². The summed E-state index contributed by atoms with van der Waals surface area (Å²) in [6, 6.07) is 4.13. The van der Waals surface area contributed by atoms with E-state index < -0.39 is 5.82 Å². The SMILES string of the molecule is Nc1cc(NC(=O)CN2CCC(CCO)C2)ccc1F. The highest BCUT2D eigenvalue weighted by Crippen LogP contribution is 2.19. The number of nitrogens with one attached hydrogen (secondary N) is 1. The molecule has 1 fully saturated rings. The third-order valence-corrected chi connectivity index (χ3v) is 3.55. The first-order valence-corrected chi connectivity index (χ1v) is 6.76. The van der Waals surface area contributed by atoms with Crippen LogP contribution in [0.3, 0.4) is 0 Å². The van der Waals surface area contributed by atoms with Gasteiger partial charge in [0, 0.05) is 18.8 Å². The number of likely N-dealkylation sites (tertiary alicyclic amines) is 1. The Kier molecular flexibility index (Phi) is 4.92. The molecule has 0 aliphatic carbocycles. The van der Waals surface area contributed by atoms with Crippen molar-refractivity contribution in [1.82, 2.24) is 4.90 Å². The van der Waals surface area contributed by atoms with Crippen LogP contribution in [0.1, 0.15) is 12.8 Å². The molecule has 0 saturated carbocycles. The molecule has 1 aromatic rings. The minimum Gasteiger partial charge on any atom is -0.396 e. The molecular weight excluding hydrogens is 261 g/mol. The van der Waals surface area contributed by atoms with E-state index in [2.05, 4.69) is 10.2 Å². The number of aliphatic hydroxyl groups is 1. The summed E-state index contributed by atoms with van der Waals surface area (Å²) in [7, 11) is 0. The van der Waals surface area contributed by atoms with Crippen molar-refractivity contribution in [2.45, 2.75) is 12.8 Å². The standard InChI is InChI=1S/C14H20FN3O2/c15-12-2-1-11(7-13(12)16)17-14(20)9-18-5-3-10(8-18)4-6-19/h1-2,7,10,19H,3-6,8-9,16H2,(H,17,20). The molecule has 4 N–H and O–H groups in total. The number of anilines is 2. The highest BCUT2D eigenvalue weighted by Gasteiger charge is 2.23. The minimum absolute atomic E-state index is 0.0204. The summed E-state index contributed by atoms with van der Waals surface area (Å²) in [5, 5.41) is 11.6. The van der Waals surface area contributed by atoms with Gasteiger partial charge in [0.15, 0.2) is 0 Å². The summed E-state index contributed by atoms with van der Waals surface area (Å²) in [5.74, 6) is -0.163. The number of rotatable bonds is 5. The second kappa shape index (κ2) is 6.67. The number of nitrogens with zero attached hydrogens (tertiary/aromatic N) is 1. The summed E-state index contributed by atoms with van der Waals surface area (Å²) in [5.41, 5.74) is 5.97. The Labute approximate surface area is 117 Å². The van der Waals surface area contributed by atoms with Crippen molar-refractivity contribution in [3.05, 3.63) is 24.0 Å². The average molecular weight is 281 g/mol. The van der Waals surface area contributed by atoms with Crippen LogP contribution < -0.4 is 11.1 Å². The molecule has 0 radical (unpaired) electrons. The first-order valence-electron chi connectivity index (χ1n) is 6.76. The summed E-state index contributed by atoms with van der Waals surface area (Å²) in [4.78, 5) is 14.0. The number of benzene rings is 1. The second-order valence-corrected chi connectivity index (χ2v) is 5.19. The van der Waals surface area contributed by atoms with Gasteiger partial charge in [0.05, 0.1) is 12.2 Å². The van der Waals surface area contributed by atoms with Gasteiger partial charge in [0.2, 0.25) is 5.91 Å². The molecule has 1 unspecified atom stereocenters. The Morgan fingerprint density at radius 1 is 1.55 bits per heavy atom. The Morgan fingerprint density at radius 3 is 3.05 bits per heavy atom. The number of carbonyl (C=O) groups excluding carboxylic acids is 1. The fraction of sp³-hybridized carbons (Fsp3) is 0.500. The van der Waals surface area contributed by atoms with Gasteiger partial charge < -0.3 is 16.2 Å². The molecule has 1 aliphatic heterocycles. The zero-order valence-corrected chi connectivity index (χ0v) is 11.3. The van der Waals surface area contributed by atoms with E-state index in [0.29, 0.717) is 18.2 Å². The Bertz CT molecular complexity index is 481. The van der Waals surface area contributed by atoms with E-state index in [1.54, 1.807) is 0 Å². The van der Waals surface area contributed by atoms with E-state index in [9.17, 15) is 9.18 Å². The molecule has 110 valence electrons. The number of hydrogen-bond donors (Lipinski definition) is 3. The van der Waals surface area contributed by atoms with Crippen molar-refractivity contribution in [3.8, 4) is 0 Å². The molecule has 6 heteroatoms. The van der Waals surface area contributed by atoms with Crippen LogP contribution in [0.2, 0.25) is 0 Å². The molecule has 5 nitrogen and oxygen atoms in total. The van der Waals surface area contributed by atoms with Crippen LogP contribution >= 0.6 is 0 Å². The summed E-state index contributed by atoms with van der Waals surface area (Å²) >= 11 is 0. The minimum atomic E-state index is -0.491. The second-order valence-electron chi connectivity index (χ2n) is 5.19. The van der Waals surface area contributed by atoms with Crippen molar-refractivity contribution in [1.29, 1.82) is 0 Å². The lowest BCUT2D eigenvalue weighted by atomic mass is 10.1. The van der Waals surface area contributed by atoms with Crippen LogP contribution in [-0.4, -0.2) is 42.2 Å². The predicted molar refractivity (Wildman–Crippen MR) is 75.7 cm³/mol. The monoisotopic (exact) mass is 281 g/mol. The lowest BCUT2D eigenvalue weighted by Crippen LogP contribution is -2.31. The molecule has 1 saturated heterocycles. The maximum absolute atomic E-state index is 13.0. The van der Waals surface area contributed by atoms with Gasteiger partial charge in [-0.3, -0.25) is 9.69 Å². The van der Waals surface area contributed by atoms with E-state index in [1.165, 1.54) is 18.2 Å². The van der Waals surface area contributed by atoms with Gasteiger partial charge >= 0.3 is 0 Å². The van der Waals surface area contributed by atoms with Crippen molar-refractivity contribution < 1.29 is 14.3 Å². The molecule has 20 heavy (non-hydrogen) atoms. The van der Waals surface area contributed by atoms with Crippen LogP contribution in [0.5, 0.6) is 0 Å². The fourth-order valence-electron chi connectivity index (χ4n) is 2.50. The Hall–Kier alpha value is -1.66. The van der Waals surface area contributed by atoms with Crippen molar-refractivity contribution >= 4 is 17.3 Å². The summed E-state index contributed by atoms with van der Waals surface area (Å²) in [6.07, 6.45) is 1.80. The van der Waals surface area contributed by atoms with Gasteiger partial charge in [0.25, 0.3) is 0 Å². The fourth-order valence-corrected chi connectivity index (χ4v) is 2.50. The number of halogens is 1. The normalized spacial score (nSPS) is 19.2. The lowest BCUT2D eigenvalue weighted by molar-refractivity contribution is -0.117. The van der Waals surface area contributed by atoms with E-state index >= 15 is 0 Å². The largest absolute Gasteiger partial charge is 0.396 e. The predicted octanol–water partition coefficient (Wildman–Crippen LogP) is 1.05. The van der Waals surface area contributed by atoms with E-state index in [0.717, 1.165) is 25.9 Å². The van der Waals surface area contributed by atoms with Crippen LogP contribution in [0, 0.1) is 11.7 Å². The highest BCUT2D eigenvalue weighted by atomic mass is 19.1. The number of amides is 1. The third kappa shape index (κ3) is 3.91. The molecule has 0 aromatic heterocycles. The molecule has 1 amide bonds. The van der Waals surface area contributed by atoms with Crippen LogP contribution in [-0.2, 0) is 4.79 Å². The molecule has 0 spiro atoms. The molecule has 0 bridgehead atoms. The van der Waals surface area contributed by atoms with Crippen molar-refractivity contribution in [2.24, 2.45) is 5.92 Å². The first-order chi connectivity index (χ1) is 9.58. The zero-order chi connectivity index (χ0) is 14.5. The van der Waals surface area contributed by atoms with Gasteiger partial charge in [-0.25, -0.2) is 4.39 Å². The number of nitrogens with two attached hydrogens (primary N) is 1. The number of aliphatic hydroxyl groups excluding tert-OH is 1. The molecule has 2 rings (SSSR count). The quantitative estimate of drug-likeness (QED) is 0.705. The van der Waals surface area contributed by atoms with Crippen molar-refractivity contribution in [3.63, 3.8) is 0 Å². The highest BCUT2D eigenvalue weighted by molar-refractivity contribution is 5.92. The maximum atomic E-state index is 13.0. The van der Waals surface area contributed by atoms with Gasteiger partial charge in [0.1, 0.15) is 5.82 Å². The van der Waals surface area contributed by atoms with Crippen LogP contribution in [0.15, 0.2) is 18.2 Å². The third-order valence-electron chi connectivity index (χ3n) is 3.55. The molecular formula is C14H20FN3O2.